The van der Waals surface area contributed by atoms with Gasteiger partial charge in [0, 0.05) is 15.8 Å². The van der Waals surface area contributed by atoms with Crippen molar-refractivity contribution in [1.29, 1.82) is 0 Å². The number of aryl methyl sites for hydroxylation is 1. The Balaban J connectivity index is 2.16. The van der Waals surface area contributed by atoms with Gasteiger partial charge < -0.3 is 15.0 Å². The van der Waals surface area contributed by atoms with Crippen LogP contribution in [0, 0.1) is 6.92 Å². The molecule has 0 spiro atoms. The molecule has 20 heavy (non-hydrogen) atoms. The summed E-state index contributed by atoms with van der Waals surface area (Å²) >= 11 is 1.79. The van der Waals surface area contributed by atoms with Crippen LogP contribution in [-0.4, -0.2) is 16.7 Å². The zero-order valence-electron chi connectivity index (χ0n) is 11.8. The van der Waals surface area contributed by atoms with Crippen molar-refractivity contribution in [3.63, 3.8) is 0 Å². The minimum atomic E-state index is 0.158. The lowest BCUT2D eigenvalue weighted by molar-refractivity contribution is 0.415. The van der Waals surface area contributed by atoms with Crippen molar-refractivity contribution in [3.05, 3.63) is 40.1 Å². The summed E-state index contributed by atoms with van der Waals surface area (Å²) in [5.74, 6) is 1.35. The van der Waals surface area contributed by atoms with Crippen molar-refractivity contribution in [3.8, 4) is 5.75 Å². The van der Waals surface area contributed by atoms with E-state index < -0.39 is 0 Å². The lowest BCUT2D eigenvalue weighted by atomic mass is 10.2. The van der Waals surface area contributed by atoms with Crippen LogP contribution in [0.3, 0.4) is 0 Å². The first-order chi connectivity index (χ1) is 9.60. The van der Waals surface area contributed by atoms with E-state index in [0.717, 1.165) is 16.8 Å². The minimum Gasteiger partial charge on any atom is -0.497 e. The molecule has 2 aromatic heterocycles. The number of fused-ring (bicyclic) bond motifs is 1. The third kappa shape index (κ3) is 2.04. The fourth-order valence-corrected chi connectivity index (χ4v) is 3.35. The first-order valence-corrected chi connectivity index (χ1v) is 7.29. The molecule has 0 aliphatic rings. The van der Waals surface area contributed by atoms with Gasteiger partial charge in [-0.1, -0.05) is 0 Å². The number of ether oxygens (including phenoxy) is 1. The maximum atomic E-state index is 6.11. The van der Waals surface area contributed by atoms with Crippen LogP contribution < -0.4 is 10.5 Å². The Hall–Kier alpha value is -2.01. The SMILES string of the molecule is COc1ccc2nc(N)n(C(C)c3ccc(C)s3)c2c1. The second-order valence-corrected chi connectivity index (χ2v) is 6.14. The van der Waals surface area contributed by atoms with Gasteiger partial charge in [-0.2, -0.15) is 0 Å². The molecule has 2 heterocycles. The summed E-state index contributed by atoms with van der Waals surface area (Å²) in [5.41, 5.74) is 8.00. The number of hydrogen-bond donors (Lipinski definition) is 1. The Morgan fingerprint density at radius 3 is 2.75 bits per heavy atom. The molecule has 1 unspecified atom stereocenters. The summed E-state index contributed by atoms with van der Waals surface area (Å²) < 4.78 is 7.36. The van der Waals surface area contributed by atoms with Crippen molar-refractivity contribution in [2.24, 2.45) is 0 Å². The van der Waals surface area contributed by atoms with E-state index in [9.17, 15) is 0 Å². The van der Waals surface area contributed by atoms with Gasteiger partial charge in [-0.25, -0.2) is 4.98 Å². The van der Waals surface area contributed by atoms with E-state index in [4.69, 9.17) is 10.5 Å². The fourth-order valence-electron chi connectivity index (χ4n) is 2.43. The standard InChI is InChI=1S/C15H17N3OS/c1-9-4-7-14(20-9)10(2)18-13-8-11(19-3)5-6-12(13)17-15(18)16/h4-8,10H,1-3H3,(H2,16,17). The quantitative estimate of drug-likeness (QED) is 0.800. The number of anilines is 1. The summed E-state index contributed by atoms with van der Waals surface area (Å²) in [7, 11) is 1.66. The summed E-state index contributed by atoms with van der Waals surface area (Å²) in [4.78, 5) is 7.00. The van der Waals surface area contributed by atoms with Gasteiger partial charge >= 0.3 is 0 Å². The molecular weight excluding hydrogens is 270 g/mol. The monoisotopic (exact) mass is 287 g/mol. The lowest BCUT2D eigenvalue weighted by Gasteiger charge is -2.14. The van der Waals surface area contributed by atoms with Crippen LogP contribution in [0.15, 0.2) is 30.3 Å². The molecule has 3 aromatic rings. The van der Waals surface area contributed by atoms with Crippen molar-refractivity contribution >= 4 is 28.3 Å². The van der Waals surface area contributed by atoms with Crippen LogP contribution in [0.1, 0.15) is 22.7 Å². The van der Waals surface area contributed by atoms with Crippen LogP contribution in [0.25, 0.3) is 11.0 Å². The number of rotatable bonds is 3. The van der Waals surface area contributed by atoms with Crippen LogP contribution >= 0.6 is 11.3 Å². The molecule has 0 amide bonds. The average Bonchev–Trinajstić information content (AvgIpc) is 3.00. The number of hydrogen-bond acceptors (Lipinski definition) is 4. The predicted molar refractivity (Wildman–Crippen MR) is 83.6 cm³/mol. The maximum absolute atomic E-state index is 6.11. The number of methoxy groups -OCH3 is 1. The first kappa shape index (κ1) is 13.0. The molecule has 0 saturated heterocycles. The molecule has 1 atom stereocenters. The third-order valence-electron chi connectivity index (χ3n) is 3.48. The van der Waals surface area contributed by atoms with E-state index in [2.05, 4.69) is 35.5 Å². The molecule has 0 aliphatic heterocycles. The highest BCUT2D eigenvalue weighted by Crippen LogP contribution is 2.32. The number of imidazole rings is 1. The van der Waals surface area contributed by atoms with Gasteiger partial charge in [0.15, 0.2) is 0 Å². The van der Waals surface area contributed by atoms with Crippen LogP contribution in [-0.2, 0) is 0 Å². The van der Waals surface area contributed by atoms with E-state index in [1.54, 1.807) is 18.4 Å². The smallest absolute Gasteiger partial charge is 0.201 e. The van der Waals surface area contributed by atoms with Gasteiger partial charge in [-0.15, -0.1) is 11.3 Å². The maximum Gasteiger partial charge on any atom is 0.201 e. The van der Waals surface area contributed by atoms with Gasteiger partial charge in [0.1, 0.15) is 5.75 Å². The number of nitrogens with zero attached hydrogens (tertiary/aromatic N) is 2. The first-order valence-electron chi connectivity index (χ1n) is 6.48. The largest absolute Gasteiger partial charge is 0.497 e. The molecule has 5 heteroatoms. The Bertz CT molecular complexity index is 760. The van der Waals surface area contributed by atoms with Crippen molar-refractivity contribution < 1.29 is 4.74 Å². The van der Waals surface area contributed by atoms with Gasteiger partial charge in [-0.05, 0) is 38.1 Å². The zero-order chi connectivity index (χ0) is 14.3. The zero-order valence-corrected chi connectivity index (χ0v) is 12.6. The molecule has 0 radical (unpaired) electrons. The van der Waals surface area contributed by atoms with E-state index >= 15 is 0 Å². The molecule has 104 valence electrons. The second-order valence-electron chi connectivity index (χ2n) is 4.82. The number of aromatic nitrogens is 2. The van der Waals surface area contributed by atoms with Crippen LogP contribution in [0.5, 0.6) is 5.75 Å². The topological polar surface area (TPSA) is 53.1 Å². The highest BCUT2D eigenvalue weighted by Gasteiger charge is 2.17. The minimum absolute atomic E-state index is 0.158. The molecular formula is C15H17N3OS. The summed E-state index contributed by atoms with van der Waals surface area (Å²) in [6, 6.07) is 10.3. The van der Waals surface area contributed by atoms with Crippen molar-refractivity contribution in [1.82, 2.24) is 9.55 Å². The molecule has 0 bridgehead atoms. The van der Waals surface area contributed by atoms with E-state index in [1.165, 1.54) is 9.75 Å². The van der Waals surface area contributed by atoms with Gasteiger partial charge in [0.25, 0.3) is 0 Å². The van der Waals surface area contributed by atoms with Gasteiger partial charge in [-0.3, -0.25) is 0 Å². The summed E-state index contributed by atoms with van der Waals surface area (Å²) in [5, 5.41) is 0. The Kier molecular flexibility index (Phi) is 3.14. The Labute approximate surface area is 121 Å². The van der Waals surface area contributed by atoms with Crippen LogP contribution in [0.2, 0.25) is 0 Å². The highest BCUT2D eigenvalue weighted by molar-refractivity contribution is 7.12. The molecule has 0 fully saturated rings. The Morgan fingerprint density at radius 1 is 1.30 bits per heavy atom. The normalized spacial score (nSPS) is 12.8. The van der Waals surface area contributed by atoms with E-state index in [1.807, 2.05) is 18.2 Å². The van der Waals surface area contributed by atoms with Gasteiger partial charge in [0.05, 0.1) is 24.2 Å². The average molecular weight is 287 g/mol. The fraction of sp³-hybridized carbons (Fsp3) is 0.267. The molecule has 2 N–H and O–H groups in total. The molecule has 4 nitrogen and oxygen atoms in total. The number of thiophene rings is 1. The molecule has 0 aliphatic carbocycles. The number of benzene rings is 1. The van der Waals surface area contributed by atoms with E-state index in [0.29, 0.717) is 5.95 Å². The summed E-state index contributed by atoms with van der Waals surface area (Å²) in [6.07, 6.45) is 0. The predicted octanol–water partition coefficient (Wildman–Crippen LogP) is 3.61. The second kappa shape index (κ2) is 4.83. The lowest BCUT2D eigenvalue weighted by Crippen LogP contribution is -2.08. The number of nitrogens with two attached hydrogens (primary N) is 1. The Morgan fingerprint density at radius 2 is 2.10 bits per heavy atom. The van der Waals surface area contributed by atoms with E-state index in [-0.39, 0.29) is 6.04 Å². The van der Waals surface area contributed by atoms with Crippen molar-refractivity contribution in [2.45, 2.75) is 19.9 Å². The molecule has 0 saturated carbocycles. The summed E-state index contributed by atoms with van der Waals surface area (Å²) in [6.45, 7) is 4.25. The van der Waals surface area contributed by atoms with Gasteiger partial charge in [0.2, 0.25) is 5.95 Å². The molecule has 3 rings (SSSR count). The number of nitrogen functional groups attached to an aromatic ring is 1. The van der Waals surface area contributed by atoms with Crippen LogP contribution in [0.4, 0.5) is 5.95 Å². The molecule has 1 aromatic carbocycles. The van der Waals surface area contributed by atoms with Crippen molar-refractivity contribution in [2.75, 3.05) is 12.8 Å². The highest BCUT2D eigenvalue weighted by atomic mass is 32.1. The third-order valence-corrected chi connectivity index (χ3v) is 4.66.